The van der Waals surface area contributed by atoms with Crippen LogP contribution in [0.4, 0.5) is 0 Å². The van der Waals surface area contributed by atoms with Crippen molar-refractivity contribution in [3.8, 4) is 0 Å². The molecule has 0 rings (SSSR count). The fourth-order valence-electron chi connectivity index (χ4n) is 0.232. The zero-order valence-corrected chi connectivity index (χ0v) is 7.93. The van der Waals surface area contributed by atoms with E-state index in [9.17, 15) is 9.59 Å². The van der Waals surface area contributed by atoms with Gasteiger partial charge in [0.05, 0.1) is 0 Å². The van der Waals surface area contributed by atoms with E-state index in [1.54, 1.807) is 6.92 Å². The van der Waals surface area contributed by atoms with E-state index in [-0.39, 0.29) is 36.0 Å². The average molecular weight is 139 g/mol. The van der Waals surface area contributed by atoms with Crippen LogP contribution < -0.4 is 0 Å². The number of esters is 2. The van der Waals surface area contributed by atoms with E-state index in [0.29, 0.717) is 0 Å². The second-order valence-electron chi connectivity index (χ2n) is 1.32. The normalized spacial score (nSPS) is 7.33. The van der Waals surface area contributed by atoms with Crippen LogP contribution in [0.3, 0.4) is 0 Å². The van der Waals surface area contributed by atoms with E-state index < -0.39 is 11.9 Å². The van der Waals surface area contributed by atoms with Crippen LogP contribution in [0.25, 0.3) is 0 Å². The fraction of sp³-hybridized carbons (Fsp3) is 0.600. The Morgan fingerprint density at radius 2 is 1.89 bits per heavy atom. The summed E-state index contributed by atoms with van der Waals surface area (Å²) in [5.41, 5.74) is 0. The summed E-state index contributed by atoms with van der Waals surface area (Å²) in [6.45, 7) is 2.83. The van der Waals surface area contributed by atoms with E-state index >= 15 is 0 Å². The minimum Gasteiger partial charge on any atom is -0.393 e. The Bertz CT molecular complexity index is 111. The molecule has 0 aliphatic rings. The Labute approximate surface area is 76.0 Å². The monoisotopic (exact) mass is 139 g/mol. The Hall–Kier alpha value is 0.140. The van der Waals surface area contributed by atoms with Gasteiger partial charge in [0.25, 0.3) is 0 Å². The quantitative estimate of drug-likeness (QED) is 0.294. The second-order valence-corrected chi connectivity index (χ2v) is 1.32. The maximum Gasteiger partial charge on any atom is 0.313 e. The molecule has 0 saturated heterocycles. The first kappa shape index (κ1) is 11.9. The van der Waals surface area contributed by atoms with Crippen molar-refractivity contribution >= 4 is 41.5 Å². The number of carbonyl (C=O) groups excluding carboxylic acids is 2. The Kier molecular flexibility index (Phi) is 8.27. The predicted octanol–water partition coefficient (Wildman–Crippen LogP) is 0.105. The summed E-state index contributed by atoms with van der Waals surface area (Å²) in [5, 5.41) is 0. The smallest absolute Gasteiger partial charge is 0.313 e. The summed E-state index contributed by atoms with van der Waals surface area (Å²) in [6.07, 6.45) is 0.250. The van der Waals surface area contributed by atoms with E-state index in [1.165, 1.54) is 6.92 Å². The molecule has 4 heteroatoms. The molecule has 0 N–H and O–H groups in total. The number of hydrogen-bond donors (Lipinski definition) is 0. The third-order valence-electron chi connectivity index (χ3n) is 0.546. The van der Waals surface area contributed by atoms with E-state index in [1.807, 2.05) is 0 Å². The molecule has 3 nitrogen and oxygen atoms in total. The maximum atomic E-state index is 10.2. The van der Waals surface area contributed by atoms with Crippen LogP contribution in [0.2, 0.25) is 0 Å². The maximum absolute atomic E-state index is 10.2. The van der Waals surface area contributed by atoms with Gasteiger partial charge in [-0.25, -0.2) is 0 Å². The first-order valence-electron chi connectivity index (χ1n) is 2.38. The zero-order valence-electron chi connectivity index (χ0n) is 5.93. The van der Waals surface area contributed by atoms with Crippen LogP contribution in [0.5, 0.6) is 0 Å². The number of carbonyl (C=O) groups is 2. The van der Waals surface area contributed by atoms with Gasteiger partial charge in [-0.05, 0) is 0 Å². The van der Waals surface area contributed by atoms with Gasteiger partial charge in [-0.15, -0.1) is 0 Å². The summed E-state index contributed by atoms with van der Waals surface area (Å²) in [6, 6.07) is 0. The van der Waals surface area contributed by atoms with Crippen molar-refractivity contribution in [1.29, 1.82) is 0 Å². The Morgan fingerprint density at radius 1 is 1.44 bits per heavy atom. The third kappa shape index (κ3) is 8.14. The van der Waals surface area contributed by atoms with Gasteiger partial charge >= 0.3 is 11.9 Å². The third-order valence-corrected chi connectivity index (χ3v) is 0.546. The molecule has 0 unspecified atom stereocenters. The predicted molar refractivity (Wildman–Crippen MR) is 32.8 cm³/mol. The Morgan fingerprint density at radius 3 is 2.00 bits per heavy atom. The van der Waals surface area contributed by atoms with Crippen molar-refractivity contribution in [3.63, 3.8) is 0 Å². The van der Waals surface area contributed by atoms with Crippen molar-refractivity contribution in [3.05, 3.63) is 0 Å². The van der Waals surface area contributed by atoms with Gasteiger partial charge in [0.1, 0.15) is 0 Å². The summed E-state index contributed by atoms with van der Waals surface area (Å²) < 4.78 is 4.12. The minimum atomic E-state index is -0.545. The summed E-state index contributed by atoms with van der Waals surface area (Å²) >= 11 is 0. The number of ether oxygens (including phenoxy) is 1. The molecule has 0 aromatic carbocycles. The van der Waals surface area contributed by atoms with Gasteiger partial charge in [0.2, 0.25) is 0 Å². The van der Waals surface area contributed by atoms with Crippen molar-refractivity contribution in [2.24, 2.45) is 0 Å². The molecule has 1 radical (unpaired) electrons. The molecule has 0 atom stereocenters. The molecule has 0 fully saturated rings. The van der Waals surface area contributed by atoms with Crippen LogP contribution in [0, 0.1) is 0 Å². The van der Waals surface area contributed by atoms with Crippen LogP contribution >= 0.6 is 0 Å². The molecule has 0 heterocycles. The molecular weight excluding hydrogens is 131 g/mol. The molecule has 0 aromatic rings. The molecule has 47 valence electrons. The van der Waals surface area contributed by atoms with Crippen LogP contribution in [-0.2, 0) is 14.3 Å². The van der Waals surface area contributed by atoms with E-state index in [4.69, 9.17) is 0 Å². The van der Waals surface area contributed by atoms with Gasteiger partial charge in [0, 0.05) is 42.9 Å². The van der Waals surface area contributed by atoms with Crippen molar-refractivity contribution < 1.29 is 14.3 Å². The molecule has 0 aliphatic heterocycles. The zero-order chi connectivity index (χ0) is 6.57. The van der Waals surface area contributed by atoms with E-state index in [0.717, 1.165) is 0 Å². The van der Waals surface area contributed by atoms with Crippen LogP contribution in [0.15, 0.2) is 0 Å². The van der Waals surface area contributed by atoms with Crippen molar-refractivity contribution in [1.82, 2.24) is 0 Å². The van der Waals surface area contributed by atoms with Crippen LogP contribution in [0.1, 0.15) is 20.3 Å². The molecular formula is C5H8NaO3. The molecule has 0 spiro atoms. The molecule has 0 saturated carbocycles. The van der Waals surface area contributed by atoms with Crippen molar-refractivity contribution in [2.45, 2.75) is 20.3 Å². The topological polar surface area (TPSA) is 43.4 Å². The first-order chi connectivity index (χ1) is 3.66. The largest absolute Gasteiger partial charge is 0.393 e. The Balaban J connectivity index is 0. The van der Waals surface area contributed by atoms with Crippen LogP contribution in [-0.4, -0.2) is 41.5 Å². The molecule has 0 amide bonds. The standard InChI is InChI=1S/C5H8O3.Na/c1-3-5(7)8-4(2)6;/h3H2,1-2H3;. The molecule has 0 bridgehead atoms. The number of rotatable bonds is 1. The van der Waals surface area contributed by atoms with Crippen molar-refractivity contribution in [2.75, 3.05) is 0 Å². The van der Waals surface area contributed by atoms with E-state index in [2.05, 4.69) is 4.74 Å². The summed E-state index contributed by atoms with van der Waals surface area (Å²) in [4.78, 5) is 20.1. The van der Waals surface area contributed by atoms with Gasteiger partial charge in [-0.1, -0.05) is 6.92 Å². The first-order valence-corrected chi connectivity index (χ1v) is 2.38. The summed E-state index contributed by atoms with van der Waals surface area (Å²) in [7, 11) is 0. The minimum absolute atomic E-state index is 0. The number of hydrogen-bond acceptors (Lipinski definition) is 3. The average Bonchev–Trinajstić information content (AvgIpc) is 1.65. The van der Waals surface area contributed by atoms with Gasteiger partial charge in [-0.2, -0.15) is 0 Å². The molecule has 9 heavy (non-hydrogen) atoms. The van der Waals surface area contributed by atoms with Gasteiger partial charge < -0.3 is 4.74 Å². The second kappa shape index (κ2) is 6.26. The molecule has 0 aromatic heterocycles. The fourth-order valence-corrected chi connectivity index (χ4v) is 0.232. The van der Waals surface area contributed by atoms with Gasteiger partial charge in [0.15, 0.2) is 0 Å². The van der Waals surface area contributed by atoms with Gasteiger partial charge in [-0.3, -0.25) is 9.59 Å². The molecule has 0 aliphatic carbocycles. The summed E-state index contributed by atoms with van der Waals surface area (Å²) in [5.74, 6) is -1.02. The SMILES string of the molecule is CCC(=O)OC(C)=O.[Na].